The Morgan fingerprint density at radius 1 is 0.972 bits per heavy atom. The fourth-order valence-electron chi connectivity index (χ4n) is 4.01. The van der Waals surface area contributed by atoms with Crippen LogP contribution in [0.3, 0.4) is 0 Å². The number of benzene rings is 3. The molecule has 1 heterocycles. The Morgan fingerprint density at radius 2 is 1.72 bits per heavy atom. The second-order valence-corrected chi connectivity index (χ2v) is 8.29. The summed E-state index contributed by atoms with van der Waals surface area (Å²) in [6.45, 7) is 0.0593. The second kappa shape index (κ2) is 9.75. The monoisotopic (exact) mass is 526 g/mol. The maximum absolute atomic E-state index is 13.9. The summed E-state index contributed by atoms with van der Waals surface area (Å²) in [5.41, 5.74) is -0.401. The van der Waals surface area contributed by atoms with Gasteiger partial charge in [0.2, 0.25) is 0 Å². The fourth-order valence-corrected chi connectivity index (χ4v) is 4.29. The molecule has 36 heavy (non-hydrogen) atoms. The van der Waals surface area contributed by atoms with Gasteiger partial charge in [0, 0.05) is 28.8 Å². The van der Waals surface area contributed by atoms with E-state index in [9.17, 15) is 31.5 Å². The van der Waals surface area contributed by atoms with Crippen LogP contribution in [0.2, 0.25) is 5.02 Å². The number of halogens is 6. The number of rotatable bonds is 4. The summed E-state index contributed by atoms with van der Waals surface area (Å²) in [7, 11) is 0. The van der Waals surface area contributed by atoms with Gasteiger partial charge in [0.15, 0.2) is 0 Å². The topological polar surface area (TPSA) is 87.7 Å². The molecule has 3 aromatic carbocycles. The van der Waals surface area contributed by atoms with E-state index in [0.29, 0.717) is 5.56 Å². The lowest BCUT2D eigenvalue weighted by molar-refractivity contribution is -0.137. The van der Waals surface area contributed by atoms with Gasteiger partial charge in [0.25, 0.3) is 11.8 Å². The molecule has 6 nitrogen and oxygen atoms in total. The van der Waals surface area contributed by atoms with Crippen molar-refractivity contribution in [2.45, 2.75) is 18.5 Å². The van der Waals surface area contributed by atoms with Gasteiger partial charge >= 0.3 is 6.18 Å². The molecule has 1 unspecified atom stereocenters. The van der Waals surface area contributed by atoms with Crippen molar-refractivity contribution in [1.29, 1.82) is 0 Å². The van der Waals surface area contributed by atoms with Crippen molar-refractivity contribution in [2.75, 3.05) is 11.9 Å². The number of anilines is 1. The molecule has 188 valence electrons. The molecule has 1 aliphatic rings. The minimum Gasteiger partial charge on any atom is -0.493 e. The highest BCUT2D eigenvalue weighted by Gasteiger charge is 2.37. The van der Waals surface area contributed by atoms with Crippen molar-refractivity contribution in [1.82, 2.24) is 5.48 Å². The molecule has 4 rings (SSSR count). The maximum Gasteiger partial charge on any atom is 0.417 e. The maximum atomic E-state index is 13.9. The van der Waals surface area contributed by atoms with Gasteiger partial charge < -0.3 is 10.1 Å². The molecular weight excluding hydrogens is 511 g/mol. The Morgan fingerprint density at radius 3 is 2.42 bits per heavy atom. The van der Waals surface area contributed by atoms with Crippen LogP contribution in [0, 0.1) is 11.6 Å². The summed E-state index contributed by atoms with van der Waals surface area (Å²) < 4.78 is 74.1. The van der Waals surface area contributed by atoms with E-state index in [1.54, 1.807) is 0 Å². The Labute approximate surface area is 205 Å². The molecular formula is C24H16ClF5N2O4. The predicted molar refractivity (Wildman–Crippen MR) is 118 cm³/mol. The number of hydrogen-bond acceptors (Lipinski definition) is 4. The number of amides is 2. The molecule has 0 fully saturated rings. The Kier molecular flexibility index (Phi) is 6.87. The van der Waals surface area contributed by atoms with E-state index in [0.717, 1.165) is 42.5 Å². The van der Waals surface area contributed by atoms with Gasteiger partial charge in [-0.3, -0.25) is 14.8 Å². The number of ether oxygens (including phenoxy) is 1. The van der Waals surface area contributed by atoms with E-state index >= 15 is 0 Å². The summed E-state index contributed by atoms with van der Waals surface area (Å²) in [5.74, 6) is -4.27. The number of hydroxylamine groups is 1. The van der Waals surface area contributed by atoms with Crippen molar-refractivity contribution >= 4 is 29.1 Å². The van der Waals surface area contributed by atoms with E-state index in [1.807, 2.05) is 0 Å². The minimum atomic E-state index is -4.82. The third kappa shape index (κ3) is 4.98. The number of fused-ring (bicyclic) bond motifs is 1. The molecule has 2 amide bonds. The van der Waals surface area contributed by atoms with Gasteiger partial charge in [-0.1, -0.05) is 17.7 Å². The van der Waals surface area contributed by atoms with Crippen molar-refractivity contribution in [3.05, 3.63) is 93.0 Å². The molecule has 0 saturated carbocycles. The standard InChI is InChI=1S/C24H16ClF5N2O4/c25-19-10-16(22(33)31-12-2-4-20(27)17(8-12)23(34)32-35)15(9-18(19)24(28,29)30)13-5-6-36-21-7-11(26)1-3-14(13)21/h1-4,7-10,13,35H,5-6H2,(H,31,33)(H,32,34). The van der Waals surface area contributed by atoms with Crippen molar-refractivity contribution in [3.8, 4) is 5.75 Å². The average molecular weight is 527 g/mol. The highest BCUT2D eigenvalue weighted by molar-refractivity contribution is 6.32. The van der Waals surface area contributed by atoms with Crippen LogP contribution in [-0.4, -0.2) is 23.6 Å². The van der Waals surface area contributed by atoms with Gasteiger partial charge in [-0.2, -0.15) is 13.2 Å². The molecule has 3 aromatic rings. The van der Waals surface area contributed by atoms with E-state index in [2.05, 4.69) is 5.32 Å². The zero-order chi connectivity index (χ0) is 26.2. The van der Waals surface area contributed by atoms with Crippen LogP contribution < -0.4 is 15.5 Å². The number of alkyl halides is 3. The Balaban J connectivity index is 1.81. The largest absolute Gasteiger partial charge is 0.493 e. The van der Waals surface area contributed by atoms with Crippen LogP contribution in [0.4, 0.5) is 27.6 Å². The van der Waals surface area contributed by atoms with Crippen LogP contribution in [-0.2, 0) is 6.18 Å². The van der Waals surface area contributed by atoms with Crippen LogP contribution in [0.5, 0.6) is 5.75 Å². The minimum absolute atomic E-state index is 0.0316. The zero-order valence-corrected chi connectivity index (χ0v) is 18.8. The van der Waals surface area contributed by atoms with Crippen LogP contribution in [0.15, 0.2) is 48.5 Å². The van der Waals surface area contributed by atoms with Crippen LogP contribution in [0.25, 0.3) is 0 Å². The molecule has 1 aliphatic heterocycles. The molecule has 0 bridgehead atoms. The Bertz CT molecular complexity index is 1360. The molecule has 0 aliphatic carbocycles. The first-order chi connectivity index (χ1) is 17.0. The smallest absolute Gasteiger partial charge is 0.417 e. The number of carbonyl (C=O) groups excluding carboxylic acids is 2. The third-order valence-corrected chi connectivity index (χ3v) is 5.96. The normalized spacial score (nSPS) is 15.0. The van der Waals surface area contributed by atoms with Gasteiger partial charge in [-0.05, 0) is 48.4 Å². The SMILES string of the molecule is O=C(NO)c1cc(NC(=O)c2cc(Cl)c(C(F)(F)F)cc2C2CCOc3cc(F)ccc32)ccc1F. The Hall–Kier alpha value is -3.70. The number of carbonyl (C=O) groups is 2. The van der Waals surface area contributed by atoms with E-state index in [1.165, 1.54) is 11.5 Å². The third-order valence-electron chi connectivity index (χ3n) is 5.65. The first-order valence-corrected chi connectivity index (χ1v) is 10.8. The van der Waals surface area contributed by atoms with Gasteiger partial charge in [-0.15, -0.1) is 0 Å². The van der Waals surface area contributed by atoms with E-state index < -0.39 is 51.7 Å². The lowest BCUT2D eigenvalue weighted by Gasteiger charge is -2.28. The van der Waals surface area contributed by atoms with Crippen molar-refractivity contribution in [2.24, 2.45) is 0 Å². The van der Waals surface area contributed by atoms with Crippen molar-refractivity contribution < 1.29 is 41.5 Å². The summed E-state index contributed by atoms with van der Waals surface area (Å²) in [6.07, 6.45) is -4.63. The quantitative estimate of drug-likeness (QED) is 0.224. The molecule has 12 heteroatoms. The summed E-state index contributed by atoms with van der Waals surface area (Å²) in [6, 6.07) is 8.19. The lowest BCUT2D eigenvalue weighted by atomic mass is 9.83. The number of nitrogens with one attached hydrogen (secondary N) is 2. The van der Waals surface area contributed by atoms with Gasteiger partial charge in [0.05, 0.1) is 22.8 Å². The van der Waals surface area contributed by atoms with E-state index in [-0.39, 0.29) is 35.6 Å². The molecule has 1 atom stereocenters. The van der Waals surface area contributed by atoms with Gasteiger partial charge in [-0.25, -0.2) is 14.3 Å². The molecule has 0 spiro atoms. The summed E-state index contributed by atoms with van der Waals surface area (Å²) in [5, 5.41) is 10.5. The van der Waals surface area contributed by atoms with Crippen molar-refractivity contribution in [3.63, 3.8) is 0 Å². The second-order valence-electron chi connectivity index (χ2n) is 7.88. The van der Waals surface area contributed by atoms with Gasteiger partial charge in [0.1, 0.15) is 17.4 Å². The highest BCUT2D eigenvalue weighted by atomic mass is 35.5. The first kappa shape index (κ1) is 25.4. The van der Waals surface area contributed by atoms with Crippen LogP contribution in [0.1, 0.15) is 49.7 Å². The molecule has 3 N–H and O–H groups in total. The van der Waals surface area contributed by atoms with Crippen LogP contribution >= 0.6 is 11.6 Å². The summed E-state index contributed by atoms with van der Waals surface area (Å²) >= 11 is 5.89. The molecule has 0 saturated heterocycles. The highest BCUT2D eigenvalue weighted by Crippen LogP contribution is 2.44. The zero-order valence-electron chi connectivity index (χ0n) is 18.1. The average Bonchev–Trinajstić information content (AvgIpc) is 2.83. The number of hydrogen-bond donors (Lipinski definition) is 3. The predicted octanol–water partition coefficient (Wildman–Crippen LogP) is 5.92. The molecule has 0 radical (unpaired) electrons. The van der Waals surface area contributed by atoms with E-state index in [4.69, 9.17) is 21.5 Å². The molecule has 0 aromatic heterocycles. The first-order valence-electron chi connectivity index (χ1n) is 10.4. The lowest BCUT2D eigenvalue weighted by Crippen LogP contribution is -2.23. The summed E-state index contributed by atoms with van der Waals surface area (Å²) in [4.78, 5) is 24.9. The fraction of sp³-hybridized carbons (Fsp3) is 0.167.